The van der Waals surface area contributed by atoms with Gasteiger partial charge >= 0.3 is 11.8 Å². The van der Waals surface area contributed by atoms with Crippen molar-refractivity contribution in [3.8, 4) is 0 Å². The second-order valence-corrected chi connectivity index (χ2v) is 14.1. The van der Waals surface area contributed by atoms with E-state index >= 15 is 0 Å². The van der Waals surface area contributed by atoms with Gasteiger partial charge in [0.25, 0.3) is 5.56 Å². The van der Waals surface area contributed by atoms with Crippen LogP contribution in [0.15, 0.2) is 34.0 Å². The molecule has 1 saturated heterocycles. The van der Waals surface area contributed by atoms with Gasteiger partial charge in [0.15, 0.2) is 20.6 Å². The number of amides is 1. The summed E-state index contributed by atoms with van der Waals surface area (Å²) < 4.78 is 19.0. The van der Waals surface area contributed by atoms with Crippen molar-refractivity contribution in [3.63, 3.8) is 0 Å². The maximum absolute atomic E-state index is 12.3. The van der Waals surface area contributed by atoms with Crippen LogP contribution in [0.4, 0.5) is 4.79 Å². The largest absolute Gasteiger partial charge is 0.437 e. The Kier molecular flexibility index (Phi) is 8.03. The average Bonchev–Trinajstić information content (AvgIpc) is 2.97. The lowest BCUT2D eigenvalue weighted by molar-refractivity contribution is -0.0488. The Morgan fingerprint density at radius 2 is 1.84 bits per heavy atom. The minimum Gasteiger partial charge on any atom is -0.437 e. The van der Waals surface area contributed by atoms with Gasteiger partial charge in [-0.3, -0.25) is 19.6 Å². The molecule has 1 aromatic heterocycles. The summed E-state index contributed by atoms with van der Waals surface area (Å²) >= 11 is 0. The SMILES string of the molecule is C=C1[C@H](n2ccc(=O)[nH]c2=O)O[C@H](CO[Si](C(C)C)(C(C)C)C(C)C)[C@H]1OC(=O)NO. The van der Waals surface area contributed by atoms with Crippen LogP contribution in [0, 0.1) is 0 Å². The van der Waals surface area contributed by atoms with Crippen molar-refractivity contribution in [2.45, 2.75) is 76.6 Å². The van der Waals surface area contributed by atoms with Crippen molar-refractivity contribution in [1.29, 1.82) is 0 Å². The fourth-order valence-corrected chi connectivity index (χ4v) is 10.2. The van der Waals surface area contributed by atoms with Crippen LogP contribution in [0.25, 0.3) is 0 Å². The van der Waals surface area contributed by atoms with Crippen molar-refractivity contribution in [2.24, 2.45) is 0 Å². The smallest absolute Gasteiger partial charge is 0.431 e. The highest BCUT2D eigenvalue weighted by atomic mass is 28.4. The summed E-state index contributed by atoms with van der Waals surface area (Å²) in [6.07, 6.45) is -2.47. The van der Waals surface area contributed by atoms with E-state index in [0.29, 0.717) is 16.6 Å². The fraction of sp³-hybridized carbons (Fsp3) is 0.650. The van der Waals surface area contributed by atoms with Gasteiger partial charge in [-0.2, -0.15) is 0 Å². The van der Waals surface area contributed by atoms with Crippen LogP contribution in [0.5, 0.6) is 0 Å². The van der Waals surface area contributed by atoms with Crippen molar-refractivity contribution in [2.75, 3.05) is 6.61 Å². The van der Waals surface area contributed by atoms with Crippen LogP contribution >= 0.6 is 0 Å². The van der Waals surface area contributed by atoms with E-state index in [1.807, 2.05) is 0 Å². The Balaban J connectivity index is 2.36. The molecule has 0 spiro atoms. The molecule has 0 aliphatic carbocycles. The average molecular weight is 456 g/mol. The molecule has 11 heteroatoms. The summed E-state index contributed by atoms with van der Waals surface area (Å²) in [5.74, 6) is 0. The van der Waals surface area contributed by atoms with E-state index < -0.39 is 44.1 Å². The van der Waals surface area contributed by atoms with Crippen molar-refractivity contribution in [3.05, 3.63) is 45.3 Å². The van der Waals surface area contributed by atoms with Gasteiger partial charge in [0.1, 0.15) is 6.10 Å². The van der Waals surface area contributed by atoms with Crippen molar-refractivity contribution < 1.29 is 23.9 Å². The number of nitrogens with one attached hydrogen (secondary N) is 2. The molecule has 0 aromatic carbocycles. The Hall–Kier alpha value is -2.21. The Morgan fingerprint density at radius 3 is 2.32 bits per heavy atom. The minimum absolute atomic E-state index is 0.123. The lowest BCUT2D eigenvalue weighted by Gasteiger charge is -2.42. The first-order chi connectivity index (χ1) is 14.4. The standard InChI is InChI=1S/C20H33N3O7Si/c1-11(2)31(12(3)4,13(5)6)28-10-15-17(30-20(26)22-27)14(7)18(29-15)23-9-8-16(24)21-19(23)25/h8-9,11-13,15,17-18,27H,7,10H2,1-6H3,(H,22,26)(H,21,24,25)/t15-,17+,18-/m1/s1. The van der Waals surface area contributed by atoms with Crippen molar-refractivity contribution >= 4 is 14.4 Å². The number of aromatic nitrogens is 2. The summed E-state index contributed by atoms with van der Waals surface area (Å²) in [6.45, 7) is 17.0. The van der Waals surface area contributed by atoms with Crippen LogP contribution in [0.3, 0.4) is 0 Å². The highest BCUT2D eigenvalue weighted by molar-refractivity contribution is 6.77. The van der Waals surface area contributed by atoms with Crippen LogP contribution < -0.4 is 16.7 Å². The maximum Gasteiger partial charge on any atom is 0.431 e. The molecule has 3 atom stereocenters. The molecule has 0 unspecified atom stereocenters. The van der Waals surface area contributed by atoms with E-state index in [0.717, 1.165) is 4.57 Å². The molecule has 0 saturated carbocycles. The first-order valence-corrected chi connectivity index (χ1v) is 12.5. The van der Waals surface area contributed by atoms with Gasteiger partial charge in [-0.15, -0.1) is 0 Å². The van der Waals surface area contributed by atoms with Gasteiger partial charge in [-0.05, 0) is 16.6 Å². The van der Waals surface area contributed by atoms with Gasteiger partial charge in [0.2, 0.25) is 0 Å². The molecular formula is C20H33N3O7Si. The molecule has 1 aromatic rings. The Labute approximate surface area is 182 Å². The Morgan fingerprint density at radius 1 is 1.26 bits per heavy atom. The van der Waals surface area contributed by atoms with Crippen LogP contribution in [0.2, 0.25) is 16.6 Å². The zero-order chi connectivity index (χ0) is 23.5. The number of hydrogen-bond donors (Lipinski definition) is 3. The molecule has 10 nitrogen and oxygen atoms in total. The van der Waals surface area contributed by atoms with Gasteiger partial charge < -0.3 is 13.9 Å². The zero-order valence-corrected chi connectivity index (χ0v) is 19.9. The van der Waals surface area contributed by atoms with Gasteiger partial charge in [-0.1, -0.05) is 48.1 Å². The predicted molar refractivity (Wildman–Crippen MR) is 117 cm³/mol. The molecule has 1 aliphatic heterocycles. The molecule has 2 heterocycles. The van der Waals surface area contributed by atoms with Crippen LogP contribution in [-0.4, -0.2) is 48.0 Å². The molecule has 0 radical (unpaired) electrons. The van der Waals surface area contributed by atoms with Crippen molar-refractivity contribution in [1.82, 2.24) is 15.0 Å². The highest BCUT2D eigenvalue weighted by Gasteiger charge is 2.48. The Bertz CT molecular complexity index is 887. The molecule has 1 aliphatic rings. The molecule has 174 valence electrons. The number of H-pyrrole nitrogens is 1. The zero-order valence-electron chi connectivity index (χ0n) is 18.9. The molecule has 0 bridgehead atoms. The molecular weight excluding hydrogens is 422 g/mol. The summed E-state index contributed by atoms with van der Waals surface area (Å²) in [5.41, 5.74) is 1.48. The fourth-order valence-electron chi connectivity index (χ4n) is 4.71. The summed E-state index contributed by atoms with van der Waals surface area (Å²) in [6, 6.07) is 1.19. The van der Waals surface area contributed by atoms with Gasteiger partial charge in [0, 0.05) is 17.8 Å². The topological polar surface area (TPSA) is 132 Å². The number of nitrogens with zero attached hydrogens (tertiary/aromatic N) is 1. The number of hydroxylamine groups is 1. The summed E-state index contributed by atoms with van der Waals surface area (Å²) in [4.78, 5) is 37.5. The number of carbonyl (C=O) groups is 1. The molecule has 2 rings (SSSR count). The molecule has 31 heavy (non-hydrogen) atoms. The van der Waals surface area contributed by atoms with Gasteiger partial charge in [0.05, 0.1) is 6.61 Å². The second-order valence-electron chi connectivity index (χ2n) is 8.69. The molecule has 1 fully saturated rings. The summed E-state index contributed by atoms with van der Waals surface area (Å²) in [7, 11) is -2.25. The van der Waals surface area contributed by atoms with Gasteiger partial charge in [-0.25, -0.2) is 15.1 Å². The normalized spacial score (nSPS) is 21.9. The number of ether oxygens (including phenoxy) is 2. The molecule has 1 amide bonds. The van der Waals surface area contributed by atoms with Crippen LogP contribution in [0.1, 0.15) is 47.8 Å². The van der Waals surface area contributed by atoms with E-state index in [2.05, 4.69) is 53.1 Å². The second kappa shape index (κ2) is 9.94. The quantitative estimate of drug-likeness (QED) is 0.238. The monoisotopic (exact) mass is 455 g/mol. The first kappa shape index (κ1) is 25.1. The number of rotatable bonds is 8. The number of aromatic amines is 1. The molecule has 3 N–H and O–H groups in total. The lowest BCUT2D eigenvalue weighted by atomic mass is 10.1. The number of carbonyl (C=O) groups excluding carboxylic acids is 1. The van der Waals surface area contributed by atoms with E-state index in [9.17, 15) is 14.4 Å². The third-order valence-electron chi connectivity index (χ3n) is 5.96. The van der Waals surface area contributed by atoms with E-state index in [-0.39, 0.29) is 12.2 Å². The van der Waals surface area contributed by atoms with E-state index in [4.69, 9.17) is 19.1 Å². The minimum atomic E-state index is -2.25. The maximum atomic E-state index is 12.3. The van der Waals surface area contributed by atoms with E-state index in [1.165, 1.54) is 17.7 Å². The van der Waals surface area contributed by atoms with E-state index in [1.54, 1.807) is 0 Å². The van der Waals surface area contributed by atoms with Crippen LogP contribution in [-0.2, 0) is 13.9 Å². The first-order valence-electron chi connectivity index (χ1n) is 10.4. The lowest BCUT2D eigenvalue weighted by Crippen LogP contribution is -2.50. The highest BCUT2D eigenvalue weighted by Crippen LogP contribution is 2.43. The predicted octanol–water partition coefficient (Wildman–Crippen LogP) is 2.67. The third kappa shape index (κ3) is 5.00. The summed E-state index contributed by atoms with van der Waals surface area (Å²) in [5, 5.41) is 8.89. The third-order valence-corrected chi connectivity index (χ3v) is 12.0. The number of hydrogen-bond acceptors (Lipinski definition) is 7.